The molecular formula is C16H30NO4P. The maximum atomic E-state index is 11.0. The first-order chi connectivity index (χ1) is 10.4. The van der Waals surface area contributed by atoms with E-state index >= 15 is 0 Å². The highest BCUT2D eigenvalue weighted by molar-refractivity contribution is 7.55. The first kappa shape index (κ1) is 18.0. The predicted octanol–water partition coefficient (Wildman–Crippen LogP) is 4.53. The van der Waals surface area contributed by atoms with Gasteiger partial charge in [-0.3, -0.25) is 9.54 Å². The molecule has 0 amide bonds. The summed E-state index contributed by atoms with van der Waals surface area (Å²) in [5.74, 6) is -0.0808. The van der Waals surface area contributed by atoms with Gasteiger partial charge in [-0.2, -0.15) is 0 Å². The molecule has 2 fully saturated rings. The van der Waals surface area contributed by atoms with E-state index in [1.807, 2.05) is 6.66 Å². The van der Waals surface area contributed by atoms with Crippen molar-refractivity contribution in [3.05, 3.63) is 0 Å². The van der Waals surface area contributed by atoms with Crippen LogP contribution in [0.25, 0.3) is 0 Å². The van der Waals surface area contributed by atoms with Crippen LogP contribution in [0.15, 0.2) is 4.74 Å². The third kappa shape index (κ3) is 5.07. The summed E-state index contributed by atoms with van der Waals surface area (Å²) in [4.78, 5) is 11.0. The van der Waals surface area contributed by atoms with E-state index in [0.29, 0.717) is 12.8 Å². The molecule has 0 saturated heterocycles. The van der Waals surface area contributed by atoms with Gasteiger partial charge in [0.1, 0.15) is 0 Å². The van der Waals surface area contributed by atoms with E-state index in [2.05, 4.69) is 11.7 Å². The first-order valence-corrected chi connectivity index (χ1v) is 10.5. The number of hydrogen-bond acceptors (Lipinski definition) is 4. The maximum Gasteiger partial charge on any atom is 0.306 e. The lowest BCUT2D eigenvalue weighted by Gasteiger charge is -2.34. The average Bonchev–Trinajstić information content (AvgIpc) is 2.50. The fourth-order valence-corrected chi connectivity index (χ4v) is 5.19. The highest BCUT2D eigenvalue weighted by atomic mass is 31.2. The predicted molar refractivity (Wildman–Crippen MR) is 88.2 cm³/mol. The van der Waals surface area contributed by atoms with E-state index in [1.165, 1.54) is 12.8 Å². The van der Waals surface area contributed by atoms with Crippen molar-refractivity contribution in [2.45, 2.75) is 70.5 Å². The van der Waals surface area contributed by atoms with Crippen molar-refractivity contribution in [2.75, 3.05) is 13.7 Å². The minimum absolute atomic E-state index is 0.0974. The van der Waals surface area contributed by atoms with Crippen LogP contribution in [0.4, 0.5) is 0 Å². The molecule has 5 nitrogen and oxygen atoms in total. The van der Waals surface area contributed by atoms with Gasteiger partial charge in [0.2, 0.25) is 7.51 Å². The van der Waals surface area contributed by atoms with Crippen LogP contribution < -0.4 is 0 Å². The summed E-state index contributed by atoms with van der Waals surface area (Å²) in [7, 11) is -0.393. The third-order valence-electron chi connectivity index (χ3n) is 5.04. The van der Waals surface area contributed by atoms with Gasteiger partial charge in [-0.1, -0.05) is 6.92 Å². The summed E-state index contributed by atoms with van der Waals surface area (Å²) < 4.78 is 16.9. The van der Waals surface area contributed by atoms with Crippen molar-refractivity contribution in [2.24, 2.45) is 16.6 Å². The standard InChI is InChI=1S/C16H30NO4P/c1-12-4-8-14(9-5-12)20-22(3,17-2)21-15-10-6-13(7-11-15)16(18)19/h12-15H,4-11H2,1-3H3,(H,18,19). The Balaban J connectivity index is 1.85. The van der Waals surface area contributed by atoms with Crippen molar-refractivity contribution in [3.8, 4) is 0 Å². The van der Waals surface area contributed by atoms with Crippen molar-refractivity contribution < 1.29 is 18.9 Å². The summed E-state index contributed by atoms with van der Waals surface area (Å²) in [5.41, 5.74) is 0. The number of carbonyl (C=O) groups is 1. The Morgan fingerprint density at radius 2 is 1.45 bits per heavy atom. The zero-order chi connectivity index (χ0) is 16.2. The molecule has 22 heavy (non-hydrogen) atoms. The van der Waals surface area contributed by atoms with E-state index < -0.39 is 13.5 Å². The minimum atomic E-state index is -2.17. The van der Waals surface area contributed by atoms with Gasteiger partial charge >= 0.3 is 5.97 Å². The Morgan fingerprint density at radius 3 is 1.86 bits per heavy atom. The van der Waals surface area contributed by atoms with E-state index in [1.54, 1.807) is 7.05 Å². The SMILES string of the molecule is CN=P(C)(OC1CCC(C)CC1)OC1CCC(C(=O)O)CC1. The van der Waals surface area contributed by atoms with Crippen LogP contribution in [0, 0.1) is 11.8 Å². The molecule has 0 heterocycles. The van der Waals surface area contributed by atoms with Gasteiger partial charge in [-0.15, -0.1) is 0 Å². The lowest BCUT2D eigenvalue weighted by molar-refractivity contribution is -0.143. The van der Waals surface area contributed by atoms with Crippen LogP contribution in [0.1, 0.15) is 58.3 Å². The van der Waals surface area contributed by atoms with Gasteiger partial charge in [0, 0.05) is 13.7 Å². The third-order valence-corrected chi connectivity index (χ3v) is 7.14. The van der Waals surface area contributed by atoms with Crippen LogP contribution >= 0.6 is 7.51 Å². The van der Waals surface area contributed by atoms with Gasteiger partial charge in [0.25, 0.3) is 0 Å². The number of aliphatic carboxylic acids is 1. The average molecular weight is 331 g/mol. The smallest absolute Gasteiger partial charge is 0.306 e. The van der Waals surface area contributed by atoms with Gasteiger partial charge in [-0.05, 0) is 57.3 Å². The molecule has 128 valence electrons. The zero-order valence-corrected chi connectivity index (χ0v) is 14.9. The molecule has 0 spiro atoms. The number of hydrogen-bond donors (Lipinski definition) is 1. The molecule has 1 atom stereocenters. The Hall–Kier alpha value is -0.380. The number of carboxylic acid groups (broad SMARTS) is 1. The molecule has 0 aromatic heterocycles. The van der Waals surface area contributed by atoms with Crippen molar-refractivity contribution in [1.29, 1.82) is 0 Å². The second-order valence-corrected chi connectivity index (χ2v) is 9.34. The first-order valence-electron chi connectivity index (χ1n) is 8.49. The van der Waals surface area contributed by atoms with Crippen LogP contribution in [-0.4, -0.2) is 37.0 Å². The summed E-state index contributed by atoms with van der Waals surface area (Å²) in [5, 5.41) is 9.06. The molecule has 1 N–H and O–H groups in total. The topological polar surface area (TPSA) is 68.1 Å². The zero-order valence-electron chi connectivity index (χ0n) is 14.0. The van der Waals surface area contributed by atoms with Crippen LogP contribution in [0.5, 0.6) is 0 Å². The van der Waals surface area contributed by atoms with Crippen LogP contribution in [-0.2, 0) is 13.8 Å². The summed E-state index contributed by atoms with van der Waals surface area (Å²) in [6.45, 7) is 4.29. The van der Waals surface area contributed by atoms with E-state index in [4.69, 9.17) is 14.2 Å². The molecule has 0 aromatic rings. The van der Waals surface area contributed by atoms with Gasteiger partial charge in [-0.25, -0.2) is 0 Å². The fraction of sp³-hybridized carbons (Fsp3) is 0.938. The quantitative estimate of drug-likeness (QED) is 0.751. The van der Waals surface area contributed by atoms with Crippen molar-refractivity contribution in [3.63, 3.8) is 0 Å². The number of rotatable bonds is 5. The normalized spacial score (nSPS) is 35.6. The lowest BCUT2D eigenvalue weighted by atomic mass is 9.88. The highest BCUT2D eigenvalue weighted by Crippen LogP contribution is 2.53. The highest BCUT2D eigenvalue weighted by Gasteiger charge is 2.31. The summed E-state index contributed by atoms with van der Waals surface area (Å²) >= 11 is 0. The Bertz CT molecular complexity index is 424. The molecule has 2 aliphatic carbocycles. The molecule has 0 bridgehead atoms. The van der Waals surface area contributed by atoms with Crippen molar-refractivity contribution >= 4 is 13.5 Å². The van der Waals surface area contributed by atoms with Crippen LogP contribution in [0.3, 0.4) is 0 Å². The Labute approximate surface area is 134 Å². The molecule has 2 saturated carbocycles. The molecule has 0 aromatic carbocycles. The minimum Gasteiger partial charge on any atom is -0.481 e. The number of carboxylic acids is 1. The van der Waals surface area contributed by atoms with E-state index in [-0.39, 0.29) is 18.1 Å². The molecular weight excluding hydrogens is 301 g/mol. The van der Waals surface area contributed by atoms with Crippen molar-refractivity contribution in [1.82, 2.24) is 0 Å². The summed E-state index contributed by atoms with van der Waals surface area (Å²) in [6.07, 6.45) is 8.00. The van der Waals surface area contributed by atoms with Gasteiger partial charge in [0.15, 0.2) is 0 Å². The number of nitrogens with zero attached hydrogens (tertiary/aromatic N) is 1. The van der Waals surface area contributed by atoms with E-state index in [9.17, 15) is 4.79 Å². The largest absolute Gasteiger partial charge is 0.481 e. The Kier molecular flexibility index (Phi) is 6.48. The molecule has 6 heteroatoms. The Morgan fingerprint density at radius 1 is 1.00 bits per heavy atom. The molecule has 2 rings (SSSR count). The van der Waals surface area contributed by atoms with E-state index in [0.717, 1.165) is 31.6 Å². The van der Waals surface area contributed by atoms with Gasteiger partial charge < -0.3 is 14.2 Å². The fourth-order valence-electron chi connectivity index (χ4n) is 3.42. The van der Waals surface area contributed by atoms with Crippen LogP contribution in [0.2, 0.25) is 0 Å². The molecule has 2 aliphatic rings. The summed E-state index contributed by atoms with van der Waals surface area (Å²) in [6, 6.07) is 0. The lowest BCUT2D eigenvalue weighted by Crippen LogP contribution is -2.26. The second-order valence-electron chi connectivity index (χ2n) is 6.91. The molecule has 1 unspecified atom stereocenters. The van der Waals surface area contributed by atoms with Gasteiger partial charge in [0.05, 0.1) is 18.1 Å². The molecule has 0 radical (unpaired) electrons. The maximum absolute atomic E-state index is 11.0. The molecule has 0 aliphatic heterocycles. The second kappa shape index (κ2) is 7.94. The monoisotopic (exact) mass is 331 g/mol.